The third kappa shape index (κ3) is 4.34. The zero-order valence-corrected chi connectivity index (χ0v) is 15.7. The maximum absolute atomic E-state index is 13.8. The summed E-state index contributed by atoms with van der Waals surface area (Å²) < 4.78 is 26.8. The first-order valence-corrected chi connectivity index (χ1v) is 9.37. The summed E-state index contributed by atoms with van der Waals surface area (Å²) in [4.78, 5) is 21.1. The van der Waals surface area contributed by atoms with Crippen LogP contribution in [0.1, 0.15) is 10.5 Å². The van der Waals surface area contributed by atoms with E-state index in [1.807, 2.05) is 24.3 Å². The monoisotopic (exact) mass is 394 g/mol. The van der Waals surface area contributed by atoms with E-state index in [1.165, 1.54) is 11.8 Å². The van der Waals surface area contributed by atoms with E-state index in [1.54, 1.807) is 12.3 Å². The van der Waals surface area contributed by atoms with E-state index in [9.17, 15) is 13.6 Å². The second-order valence-corrected chi connectivity index (χ2v) is 6.79. The molecule has 1 aromatic heterocycles. The minimum Gasteiger partial charge on any atom is -0.368 e. The normalized spacial score (nSPS) is 14.0. The summed E-state index contributed by atoms with van der Waals surface area (Å²) in [6.07, 6.45) is 1.56. The highest BCUT2D eigenvalue weighted by molar-refractivity contribution is 6.03. The van der Waals surface area contributed by atoms with Gasteiger partial charge in [-0.2, -0.15) is 0 Å². The number of para-hydroxylation sites is 1. The molecule has 1 aliphatic heterocycles. The number of aromatic nitrogens is 1. The van der Waals surface area contributed by atoms with Crippen LogP contribution in [-0.4, -0.2) is 37.1 Å². The molecule has 7 heteroatoms. The van der Waals surface area contributed by atoms with Gasteiger partial charge in [0, 0.05) is 49.8 Å². The molecule has 0 radical (unpaired) electrons. The molecular formula is C22H20F2N4O. The number of nitrogens with zero attached hydrogens (tertiary/aromatic N) is 3. The maximum atomic E-state index is 13.8. The molecule has 0 saturated carbocycles. The van der Waals surface area contributed by atoms with E-state index in [-0.39, 0.29) is 11.4 Å². The number of nitrogens with one attached hydrogen (secondary N) is 1. The zero-order valence-electron chi connectivity index (χ0n) is 15.7. The van der Waals surface area contributed by atoms with Crippen molar-refractivity contribution in [3.8, 4) is 0 Å². The standard InChI is InChI=1S/C22H20F2N4O/c23-16-6-7-20(19(24)14-16)26-22(29)21-15-18(8-9-25-21)28-12-10-27(11-13-28)17-4-2-1-3-5-17/h1-9,14-15H,10-13H2,(H,26,29). The second kappa shape index (κ2) is 8.26. The summed E-state index contributed by atoms with van der Waals surface area (Å²) in [5.41, 5.74) is 2.18. The van der Waals surface area contributed by atoms with Crippen LogP contribution in [-0.2, 0) is 0 Å². The molecule has 0 bridgehead atoms. The van der Waals surface area contributed by atoms with Gasteiger partial charge in [-0.3, -0.25) is 9.78 Å². The topological polar surface area (TPSA) is 48.5 Å². The highest BCUT2D eigenvalue weighted by atomic mass is 19.1. The molecule has 1 fully saturated rings. The van der Waals surface area contributed by atoms with Gasteiger partial charge in [0.15, 0.2) is 0 Å². The van der Waals surface area contributed by atoms with Crippen LogP contribution < -0.4 is 15.1 Å². The molecule has 4 rings (SSSR count). The van der Waals surface area contributed by atoms with E-state index in [2.05, 4.69) is 32.2 Å². The first kappa shape index (κ1) is 18.9. The molecule has 0 aliphatic carbocycles. The van der Waals surface area contributed by atoms with Crippen molar-refractivity contribution in [1.29, 1.82) is 0 Å². The van der Waals surface area contributed by atoms with Crippen LogP contribution in [0.15, 0.2) is 66.9 Å². The highest BCUT2D eigenvalue weighted by Gasteiger charge is 2.19. The second-order valence-electron chi connectivity index (χ2n) is 6.79. The van der Waals surface area contributed by atoms with Crippen molar-refractivity contribution in [2.75, 3.05) is 41.3 Å². The van der Waals surface area contributed by atoms with Crippen LogP contribution in [0.25, 0.3) is 0 Å². The van der Waals surface area contributed by atoms with Crippen LogP contribution in [0.2, 0.25) is 0 Å². The van der Waals surface area contributed by atoms with E-state index >= 15 is 0 Å². The minimum absolute atomic E-state index is 0.0833. The highest BCUT2D eigenvalue weighted by Crippen LogP contribution is 2.21. The number of halogens is 2. The smallest absolute Gasteiger partial charge is 0.274 e. The van der Waals surface area contributed by atoms with Gasteiger partial charge in [-0.25, -0.2) is 8.78 Å². The zero-order chi connectivity index (χ0) is 20.2. The Kier molecular flexibility index (Phi) is 5.37. The summed E-state index contributed by atoms with van der Waals surface area (Å²) in [7, 11) is 0. The molecule has 2 heterocycles. The molecule has 0 unspecified atom stereocenters. The van der Waals surface area contributed by atoms with Crippen molar-refractivity contribution in [2.24, 2.45) is 0 Å². The van der Waals surface area contributed by atoms with Gasteiger partial charge in [-0.15, -0.1) is 0 Å². The quantitative estimate of drug-likeness (QED) is 0.728. The lowest BCUT2D eigenvalue weighted by Crippen LogP contribution is -2.46. The van der Waals surface area contributed by atoms with Gasteiger partial charge in [0.2, 0.25) is 0 Å². The van der Waals surface area contributed by atoms with Crippen molar-refractivity contribution < 1.29 is 13.6 Å². The van der Waals surface area contributed by atoms with Gasteiger partial charge in [0.25, 0.3) is 5.91 Å². The number of anilines is 3. The number of carbonyl (C=O) groups is 1. The number of hydrogen-bond donors (Lipinski definition) is 1. The summed E-state index contributed by atoms with van der Waals surface area (Å²) >= 11 is 0. The van der Waals surface area contributed by atoms with Crippen molar-refractivity contribution in [3.63, 3.8) is 0 Å². The Morgan fingerprint density at radius 1 is 0.862 bits per heavy atom. The largest absolute Gasteiger partial charge is 0.368 e. The van der Waals surface area contributed by atoms with E-state index in [4.69, 9.17) is 0 Å². The first-order chi connectivity index (χ1) is 14.1. The van der Waals surface area contributed by atoms with Gasteiger partial charge in [-0.1, -0.05) is 18.2 Å². The van der Waals surface area contributed by atoms with Crippen LogP contribution >= 0.6 is 0 Å². The molecule has 0 spiro atoms. The van der Waals surface area contributed by atoms with Crippen molar-refractivity contribution in [1.82, 2.24) is 4.98 Å². The number of piperazine rings is 1. The average molecular weight is 394 g/mol. The molecule has 0 atom stereocenters. The lowest BCUT2D eigenvalue weighted by molar-refractivity contribution is 0.102. The molecule has 29 heavy (non-hydrogen) atoms. The average Bonchev–Trinajstić information content (AvgIpc) is 2.76. The van der Waals surface area contributed by atoms with Gasteiger partial charge >= 0.3 is 0 Å². The van der Waals surface area contributed by atoms with E-state index in [0.717, 1.165) is 44.0 Å². The number of amides is 1. The van der Waals surface area contributed by atoms with Crippen molar-refractivity contribution in [3.05, 3.63) is 84.2 Å². The fraction of sp³-hybridized carbons (Fsp3) is 0.182. The third-order valence-corrected chi connectivity index (χ3v) is 4.92. The third-order valence-electron chi connectivity index (χ3n) is 4.92. The summed E-state index contributed by atoms with van der Waals surface area (Å²) in [6, 6.07) is 16.8. The van der Waals surface area contributed by atoms with Crippen LogP contribution in [0.4, 0.5) is 25.8 Å². The fourth-order valence-electron chi connectivity index (χ4n) is 3.38. The van der Waals surface area contributed by atoms with Crippen molar-refractivity contribution >= 4 is 23.0 Å². The van der Waals surface area contributed by atoms with Crippen LogP contribution in [0, 0.1) is 11.6 Å². The molecular weight excluding hydrogens is 374 g/mol. The molecule has 1 N–H and O–H groups in total. The Bertz CT molecular complexity index is 1000. The van der Waals surface area contributed by atoms with Gasteiger partial charge < -0.3 is 15.1 Å². The Morgan fingerprint density at radius 2 is 1.55 bits per heavy atom. The maximum Gasteiger partial charge on any atom is 0.274 e. The van der Waals surface area contributed by atoms with E-state index in [0.29, 0.717) is 0 Å². The Morgan fingerprint density at radius 3 is 2.24 bits per heavy atom. The first-order valence-electron chi connectivity index (χ1n) is 9.37. The molecule has 148 valence electrons. The predicted molar refractivity (Wildman–Crippen MR) is 109 cm³/mol. The van der Waals surface area contributed by atoms with Gasteiger partial charge in [0.05, 0.1) is 5.69 Å². The lowest BCUT2D eigenvalue weighted by atomic mass is 10.2. The summed E-state index contributed by atoms with van der Waals surface area (Å²) in [5, 5.41) is 2.44. The number of hydrogen-bond acceptors (Lipinski definition) is 4. The molecule has 2 aromatic carbocycles. The molecule has 1 saturated heterocycles. The van der Waals surface area contributed by atoms with Crippen LogP contribution in [0.5, 0.6) is 0 Å². The molecule has 1 amide bonds. The van der Waals surface area contributed by atoms with Gasteiger partial charge in [0.1, 0.15) is 17.3 Å². The molecule has 3 aromatic rings. The van der Waals surface area contributed by atoms with Crippen molar-refractivity contribution in [2.45, 2.75) is 0 Å². The van der Waals surface area contributed by atoms with Crippen LogP contribution in [0.3, 0.4) is 0 Å². The predicted octanol–water partition coefficient (Wildman–Crippen LogP) is 3.94. The Hall–Kier alpha value is -3.48. The molecule has 5 nitrogen and oxygen atoms in total. The lowest BCUT2D eigenvalue weighted by Gasteiger charge is -2.37. The number of pyridine rings is 1. The van der Waals surface area contributed by atoms with Gasteiger partial charge in [-0.05, 0) is 36.4 Å². The number of rotatable bonds is 4. The number of carbonyl (C=O) groups excluding carboxylic acids is 1. The molecule has 1 aliphatic rings. The Balaban J connectivity index is 1.43. The Labute approximate surface area is 167 Å². The number of benzene rings is 2. The van der Waals surface area contributed by atoms with E-state index < -0.39 is 17.5 Å². The minimum atomic E-state index is -0.827. The summed E-state index contributed by atoms with van der Waals surface area (Å²) in [6.45, 7) is 3.36. The summed E-state index contributed by atoms with van der Waals surface area (Å²) in [5.74, 6) is -2.07. The fourth-order valence-corrected chi connectivity index (χ4v) is 3.38. The SMILES string of the molecule is O=C(Nc1ccc(F)cc1F)c1cc(N2CCN(c3ccccc3)CC2)ccn1.